The van der Waals surface area contributed by atoms with E-state index in [0.717, 1.165) is 17.7 Å². The van der Waals surface area contributed by atoms with Crippen molar-refractivity contribution in [3.8, 4) is 11.5 Å². The summed E-state index contributed by atoms with van der Waals surface area (Å²) >= 11 is 0. The standard InChI is InChI=1S/C22H27NO3/c1-4-5-14-23-21(17(2)3)22(24)25-16-18-10-9-13-20(15-18)26-19-11-7-6-8-12-19/h4,6-13,15,17,21,23H,1,5,14,16H2,2-3H3. The fourth-order valence-corrected chi connectivity index (χ4v) is 2.50. The van der Waals surface area contributed by atoms with Crippen molar-refractivity contribution in [2.24, 2.45) is 5.92 Å². The van der Waals surface area contributed by atoms with Crippen LogP contribution in [-0.4, -0.2) is 18.6 Å². The SMILES string of the molecule is C=CCCNC(C(=O)OCc1cccc(Oc2ccccc2)c1)C(C)C. The van der Waals surface area contributed by atoms with Crippen molar-refractivity contribution in [2.75, 3.05) is 6.54 Å². The van der Waals surface area contributed by atoms with Crippen molar-refractivity contribution in [1.29, 1.82) is 0 Å². The molecule has 0 spiro atoms. The average Bonchev–Trinajstić information content (AvgIpc) is 2.64. The van der Waals surface area contributed by atoms with Crippen LogP contribution in [0.1, 0.15) is 25.8 Å². The highest BCUT2D eigenvalue weighted by Gasteiger charge is 2.22. The Bertz CT molecular complexity index is 698. The van der Waals surface area contributed by atoms with Crippen molar-refractivity contribution in [3.05, 3.63) is 72.8 Å². The summed E-state index contributed by atoms with van der Waals surface area (Å²) in [7, 11) is 0. The molecule has 2 rings (SSSR count). The van der Waals surface area contributed by atoms with E-state index in [4.69, 9.17) is 9.47 Å². The molecule has 26 heavy (non-hydrogen) atoms. The van der Waals surface area contributed by atoms with Crippen LogP contribution in [0.25, 0.3) is 0 Å². The van der Waals surface area contributed by atoms with Gasteiger partial charge in [-0.25, -0.2) is 0 Å². The number of benzene rings is 2. The zero-order chi connectivity index (χ0) is 18.8. The first-order valence-corrected chi connectivity index (χ1v) is 8.93. The molecule has 4 nitrogen and oxygen atoms in total. The summed E-state index contributed by atoms with van der Waals surface area (Å²) in [5, 5.41) is 3.23. The Morgan fingerprint density at radius 1 is 1.12 bits per heavy atom. The molecule has 0 aromatic heterocycles. The number of hydrogen-bond acceptors (Lipinski definition) is 4. The smallest absolute Gasteiger partial charge is 0.323 e. The predicted molar refractivity (Wildman–Crippen MR) is 104 cm³/mol. The topological polar surface area (TPSA) is 47.6 Å². The summed E-state index contributed by atoms with van der Waals surface area (Å²) < 4.78 is 11.3. The molecule has 0 amide bonds. The van der Waals surface area contributed by atoms with E-state index in [9.17, 15) is 4.79 Å². The van der Waals surface area contributed by atoms with Crippen LogP contribution in [0.15, 0.2) is 67.3 Å². The van der Waals surface area contributed by atoms with Crippen LogP contribution in [0, 0.1) is 5.92 Å². The van der Waals surface area contributed by atoms with Crippen LogP contribution in [0.2, 0.25) is 0 Å². The third-order valence-electron chi connectivity index (χ3n) is 3.89. The molecule has 0 radical (unpaired) electrons. The molecule has 138 valence electrons. The van der Waals surface area contributed by atoms with E-state index in [1.165, 1.54) is 0 Å². The quantitative estimate of drug-likeness (QED) is 0.382. The normalized spacial score (nSPS) is 11.8. The predicted octanol–water partition coefficient (Wildman–Crippen LogP) is 4.71. The average molecular weight is 353 g/mol. The first-order chi connectivity index (χ1) is 12.6. The van der Waals surface area contributed by atoms with E-state index >= 15 is 0 Å². The number of carbonyl (C=O) groups is 1. The van der Waals surface area contributed by atoms with Gasteiger partial charge in [-0.05, 0) is 48.7 Å². The lowest BCUT2D eigenvalue weighted by atomic mass is 10.0. The second kappa shape index (κ2) is 10.4. The lowest BCUT2D eigenvalue weighted by Crippen LogP contribution is -2.42. The summed E-state index contributed by atoms with van der Waals surface area (Å²) in [6.45, 7) is 8.63. The maximum Gasteiger partial charge on any atom is 0.323 e. The van der Waals surface area contributed by atoms with Crippen LogP contribution in [0.5, 0.6) is 11.5 Å². The Balaban J connectivity index is 1.92. The van der Waals surface area contributed by atoms with E-state index in [1.54, 1.807) is 0 Å². The summed E-state index contributed by atoms with van der Waals surface area (Å²) in [6.07, 6.45) is 2.64. The maximum absolute atomic E-state index is 12.4. The van der Waals surface area contributed by atoms with Crippen molar-refractivity contribution < 1.29 is 14.3 Å². The highest BCUT2D eigenvalue weighted by molar-refractivity contribution is 5.76. The minimum atomic E-state index is -0.321. The Morgan fingerprint density at radius 3 is 2.54 bits per heavy atom. The first-order valence-electron chi connectivity index (χ1n) is 8.93. The molecule has 0 bridgehead atoms. The van der Waals surface area contributed by atoms with Crippen LogP contribution in [0.4, 0.5) is 0 Å². The van der Waals surface area contributed by atoms with E-state index in [0.29, 0.717) is 12.3 Å². The summed E-state index contributed by atoms with van der Waals surface area (Å²) in [6, 6.07) is 16.8. The largest absolute Gasteiger partial charge is 0.460 e. The summed E-state index contributed by atoms with van der Waals surface area (Å²) in [5.74, 6) is 1.40. The molecule has 0 fully saturated rings. The molecule has 0 aliphatic heterocycles. The second-order valence-electron chi connectivity index (χ2n) is 6.42. The third kappa shape index (κ3) is 6.37. The van der Waals surface area contributed by atoms with Gasteiger partial charge in [0.25, 0.3) is 0 Å². The van der Waals surface area contributed by atoms with Crippen molar-refractivity contribution in [1.82, 2.24) is 5.32 Å². The van der Waals surface area contributed by atoms with Gasteiger partial charge in [-0.1, -0.05) is 50.3 Å². The van der Waals surface area contributed by atoms with Gasteiger partial charge in [-0.3, -0.25) is 4.79 Å². The molecule has 0 aliphatic rings. The lowest BCUT2D eigenvalue weighted by Gasteiger charge is -2.20. The molecule has 1 N–H and O–H groups in total. The molecule has 0 aliphatic carbocycles. The highest BCUT2D eigenvalue weighted by Crippen LogP contribution is 2.22. The van der Waals surface area contributed by atoms with Gasteiger partial charge in [-0.15, -0.1) is 6.58 Å². The Kier molecular flexibility index (Phi) is 7.90. The van der Waals surface area contributed by atoms with Crippen molar-refractivity contribution in [3.63, 3.8) is 0 Å². The summed E-state index contributed by atoms with van der Waals surface area (Å²) in [5.41, 5.74) is 0.889. The fraction of sp³-hybridized carbons (Fsp3) is 0.318. The Hall–Kier alpha value is -2.59. The van der Waals surface area contributed by atoms with Crippen LogP contribution >= 0.6 is 0 Å². The zero-order valence-corrected chi connectivity index (χ0v) is 15.5. The van der Waals surface area contributed by atoms with Gasteiger partial charge >= 0.3 is 5.97 Å². The molecule has 0 saturated carbocycles. The van der Waals surface area contributed by atoms with Gasteiger partial charge in [0.1, 0.15) is 24.1 Å². The number of ether oxygens (including phenoxy) is 2. The molecule has 2 aromatic rings. The minimum Gasteiger partial charge on any atom is -0.460 e. The number of nitrogens with one attached hydrogen (secondary N) is 1. The zero-order valence-electron chi connectivity index (χ0n) is 15.5. The molecule has 0 saturated heterocycles. The Labute approximate surface area is 155 Å². The van der Waals surface area contributed by atoms with E-state index < -0.39 is 0 Å². The van der Waals surface area contributed by atoms with Crippen molar-refractivity contribution in [2.45, 2.75) is 32.9 Å². The number of hydrogen-bond donors (Lipinski definition) is 1. The summed E-state index contributed by atoms with van der Waals surface area (Å²) in [4.78, 5) is 12.4. The van der Waals surface area contributed by atoms with Gasteiger partial charge in [-0.2, -0.15) is 0 Å². The van der Waals surface area contributed by atoms with Crippen molar-refractivity contribution >= 4 is 5.97 Å². The molecular formula is C22H27NO3. The molecule has 1 unspecified atom stereocenters. The van der Waals surface area contributed by atoms with Gasteiger partial charge in [0.2, 0.25) is 0 Å². The lowest BCUT2D eigenvalue weighted by molar-refractivity contribution is -0.148. The van der Waals surface area contributed by atoms with Crippen LogP contribution in [0.3, 0.4) is 0 Å². The molecule has 4 heteroatoms. The van der Waals surface area contributed by atoms with E-state index in [-0.39, 0.29) is 24.5 Å². The van der Waals surface area contributed by atoms with Gasteiger partial charge in [0.05, 0.1) is 0 Å². The Morgan fingerprint density at radius 2 is 1.85 bits per heavy atom. The second-order valence-corrected chi connectivity index (χ2v) is 6.42. The highest BCUT2D eigenvalue weighted by atomic mass is 16.5. The molecular weight excluding hydrogens is 326 g/mol. The van der Waals surface area contributed by atoms with Gasteiger partial charge < -0.3 is 14.8 Å². The van der Waals surface area contributed by atoms with Crippen LogP contribution < -0.4 is 10.1 Å². The van der Waals surface area contributed by atoms with Gasteiger partial charge in [0, 0.05) is 0 Å². The van der Waals surface area contributed by atoms with E-state index in [1.807, 2.05) is 74.5 Å². The maximum atomic E-state index is 12.4. The molecule has 1 atom stereocenters. The molecule has 0 heterocycles. The van der Waals surface area contributed by atoms with Gasteiger partial charge in [0.15, 0.2) is 0 Å². The number of carbonyl (C=O) groups excluding carboxylic acids is 1. The first kappa shape index (κ1) is 19.7. The van der Waals surface area contributed by atoms with Crippen LogP contribution in [-0.2, 0) is 16.1 Å². The van der Waals surface area contributed by atoms with E-state index in [2.05, 4.69) is 11.9 Å². The number of rotatable bonds is 10. The number of esters is 1. The third-order valence-corrected chi connectivity index (χ3v) is 3.89. The molecule has 2 aromatic carbocycles. The fourth-order valence-electron chi connectivity index (χ4n) is 2.50. The minimum absolute atomic E-state index is 0.153. The number of para-hydroxylation sites is 1. The monoisotopic (exact) mass is 353 g/mol.